The Balaban J connectivity index is 4.47. The average Bonchev–Trinajstić information content (AvgIpc) is 2.06. The second kappa shape index (κ2) is 5.52. The molecule has 0 radical (unpaired) electrons. The van der Waals surface area contributed by atoms with Gasteiger partial charge in [-0.15, -0.1) is 0 Å². The van der Waals surface area contributed by atoms with Gasteiger partial charge in [-0.3, -0.25) is 9.79 Å². The number of hydrogen-bond donors (Lipinski definition) is 1. The summed E-state index contributed by atoms with van der Waals surface area (Å²) in [6.45, 7) is 5.57. The van der Waals surface area contributed by atoms with Gasteiger partial charge < -0.3 is 5.32 Å². The van der Waals surface area contributed by atoms with E-state index in [0.717, 1.165) is 0 Å². The van der Waals surface area contributed by atoms with Crippen LogP contribution in [0.2, 0.25) is 0 Å². The van der Waals surface area contributed by atoms with Gasteiger partial charge in [-0.25, -0.2) is 0 Å². The normalized spacial score (nSPS) is 14.8. The zero-order valence-corrected chi connectivity index (χ0v) is 8.09. The Kier molecular flexibility index (Phi) is 5.00. The minimum atomic E-state index is -0.0596. The Morgan fingerprint density at radius 1 is 1.50 bits per heavy atom. The van der Waals surface area contributed by atoms with E-state index in [2.05, 4.69) is 10.3 Å². The maximum absolute atomic E-state index is 11.2. The summed E-state index contributed by atoms with van der Waals surface area (Å²) in [5.41, 5.74) is 0.704. The molecule has 0 heterocycles. The monoisotopic (exact) mass is 168 g/mol. The Labute approximate surface area is 73.6 Å². The maximum Gasteiger partial charge on any atom is 0.248 e. The van der Waals surface area contributed by atoms with E-state index in [1.807, 2.05) is 20.8 Å². The lowest BCUT2D eigenvalue weighted by molar-refractivity contribution is -0.117. The van der Waals surface area contributed by atoms with E-state index in [4.69, 9.17) is 0 Å². The SMILES string of the molecule is CC=NC(C)C(=CC)C(=O)NC. The molecule has 1 N–H and O–H groups in total. The van der Waals surface area contributed by atoms with Crippen LogP contribution in [0, 0.1) is 0 Å². The molecule has 0 aliphatic heterocycles. The van der Waals surface area contributed by atoms with Gasteiger partial charge in [0.1, 0.15) is 0 Å². The Morgan fingerprint density at radius 2 is 2.08 bits per heavy atom. The van der Waals surface area contributed by atoms with E-state index in [0.29, 0.717) is 5.57 Å². The van der Waals surface area contributed by atoms with Gasteiger partial charge in [-0.2, -0.15) is 0 Å². The third-order valence-electron chi connectivity index (χ3n) is 1.62. The van der Waals surface area contributed by atoms with Crippen molar-refractivity contribution in [1.82, 2.24) is 5.32 Å². The molecule has 0 saturated heterocycles. The molecule has 0 aliphatic rings. The highest BCUT2D eigenvalue weighted by molar-refractivity contribution is 5.94. The molecule has 0 bridgehead atoms. The number of aliphatic imine (C=N–C) groups is 1. The smallest absolute Gasteiger partial charge is 0.248 e. The third-order valence-corrected chi connectivity index (χ3v) is 1.62. The minimum absolute atomic E-state index is 0.0556. The average molecular weight is 168 g/mol. The van der Waals surface area contributed by atoms with E-state index < -0.39 is 0 Å². The summed E-state index contributed by atoms with van der Waals surface area (Å²) < 4.78 is 0. The van der Waals surface area contributed by atoms with Gasteiger partial charge in [-0.1, -0.05) is 6.08 Å². The summed E-state index contributed by atoms with van der Waals surface area (Å²) in [6, 6.07) is -0.0556. The predicted octanol–water partition coefficient (Wildman–Crippen LogP) is 1.16. The lowest BCUT2D eigenvalue weighted by Crippen LogP contribution is -2.25. The fraction of sp³-hybridized carbons (Fsp3) is 0.556. The first-order chi connectivity index (χ1) is 5.67. The number of carbonyl (C=O) groups excluding carboxylic acids is 1. The molecule has 0 aromatic rings. The summed E-state index contributed by atoms with van der Waals surface area (Å²) in [7, 11) is 1.62. The topological polar surface area (TPSA) is 41.5 Å². The molecule has 0 aromatic carbocycles. The van der Waals surface area contributed by atoms with Gasteiger partial charge >= 0.3 is 0 Å². The van der Waals surface area contributed by atoms with Crippen LogP contribution < -0.4 is 5.32 Å². The van der Waals surface area contributed by atoms with Crippen LogP contribution in [0.1, 0.15) is 20.8 Å². The molecule has 0 spiro atoms. The standard InChI is InChI=1S/C9H16N2O/c1-5-8(9(12)10-4)7(3)11-6-2/h5-7H,1-4H3,(H,10,12). The number of hydrogen-bond acceptors (Lipinski definition) is 2. The first-order valence-electron chi connectivity index (χ1n) is 4.03. The van der Waals surface area contributed by atoms with Crippen molar-refractivity contribution in [1.29, 1.82) is 0 Å². The van der Waals surface area contributed by atoms with Gasteiger partial charge in [0.15, 0.2) is 0 Å². The molecular weight excluding hydrogens is 152 g/mol. The first kappa shape index (κ1) is 10.9. The zero-order chi connectivity index (χ0) is 9.56. The minimum Gasteiger partial charge on any atom is -0.355 e. The molecular formula is C9H16N2O. The van der Waals surface area contributed by atoms with Crippen molar-refractivity contribution in [2.24, 2.45) is 4.99 Å². The highest BCUT2D eigenvalue weighted by Gasteiger charge is 2.12. The van der Waals surface area contributed by atoms with Crippen LogP contribution in [0.15, 0.2) is 16.6 Å². The summed E-state index contributed by atoms with van der Waals surface area (Å²) >= 11 is 0. The summed E-state index contributed by atoms with van der Waals surface area (Å²) in [6.07, 6.45) is 3.49. The molecule has 1 atom stereocenters. The number of carbonyl (C=O) groups is 1. The summed E-state index contributed by atoms with van der Waals surface area (Å²) in [5.74, 6) is -0.0596. The van der Waals surface area contributed by atoms with E-state index in [1.54, 1.807) is 19.3 Å². The molecule has 1 unspecified atom stereocenters. The number of nitrogens with one attached hydrogen (secondary N) is 1. The van der Waals surface area contributed by atoms with Crippen molar-refractivity contribution in [2.75, 3.05) is 7.05 Å². The summed E-state index contributed by atoms with van der Waals surface area (Å²) in [5, 5.41) is 2.57. The van der Waals surface area contributed by atoms with Crippen LogP contribution in [0.25, 0.3) is 0 Å². The van der Waals surface area contributed by atoms with Gasteiger partial charge in [0.05, 0.1) is 6.04 Å². The van der Waals surface area contributed by atoms with Gasteiger partial charge in [0.25, 0.3) is 0 Å². The van der Waals surface area contributed by atoms with Crippen LogP contribution in [-0.2, 0) is 4.79 Å². The van der Waals surface area contributed by atoms with Gasteiger partial charge in [0.2, 0.25) is 5.91 Å². The van der Waals surface area contributed by atoms with Crippen LogP contribution in [0.4, 0.5) is 0 Å². The molecule has 68 valence electrons. The van der Waals surface area contributed by atoms with Crippen LogP contribution >= 0.6 is 0 Å². The Bertz CT molecular complexity index is 207. The Hall–Kier alpha value is -1.12. The number of nitrogens with zero attached hydrogens (tertiary/aromatic N) is 1. The van der Waals surface area contributed by atoms with E-state index in [9.17, 15) is 4.79 Å². The fourth-order valence-corrected chi connectivity index (χ4v) is 1.01. The molecule has 3 nitrogen and oxygen atoms in total. The molecule has 12 heavy (non-hydrogen) atoms. The lowest BCUT2D eigenvalue weighted by Gasteiger charge is -2.08. The highest BCUT2D eigenvalue weighted by Crippen LogP contribution is 2.05. The number of likely N-dealkylation sites (N-methyl/N-ethyl adjacent to an activating group) is 1. The molecule has 1 amide bonds. The first-order valence-corrected chi connectivity index (χ1v) is 4.03. The van der Waals surface area contributed by atoms with Crippen molar-refractivity contribution in [3.05, 3.63) is 11.6 Å². The number of amides is 1. The quantitative estimate of drug-likeness (QED) is 0.498. The van der Waals surface area contributed by atoms with Crippen LogP contribution in [-0.4, -0.2) is 25.2 Å². The molecule has 0 aromatic heterocycles. The van der Waals surface area contributed by atoms with Crippen LogP contribution in [0.3, 0.4) is 0 Å². The van der Waals surface area contributed by atoms with E-state index in [-0.39, 0.29) is 11.9 Å². The summed E-state index contributed by atoms with van der Waals surface area (Å²) in [4.78, 5) is 15.3. The molecule has 0 aliphatic carbocycles. The van der Waals surface area contributed by atoms with Gasteiger partial charge in [-0.05, 0) is 27.0 Å². The van der Waals surface area contributed by atoms with Crippen molar-refractivity contribution >= 4 is 12.1 Å². The number of rotatable bonds is 3. The van der Waals surface area contributed by atoms with Crippen LogP contribution in [0.5, 0.6) is 0 Å². The second-order valence-electron chi connectivity index (χ2n) is 2.41. The largest absolute Gasteiger partial charge is 0.355 e. The van der Waals surface area contributed by atoms with Crippen molar-refractivity contribution in [3.63, 3.8) is 0 Å². The highest BCUT2D eigenvalue weighted by atomic mass is 16.1. The Morgan fingerprint density at radius 3 is 2.42 bits per heavy atom. The lowest BCUT2D eigenvalue weighted by atomic mass is 10.1. The molecule has 0 rings (SSSR count). The van der Waals surface area contributed by atoms with Crippen molar-refractivity contribution in [2.45, 2.75) is 26.8 Å². The maximum atomic E-state index is 11.2. The molecule has 0 fully saturated rings. The zero-order valence-electron chi connectivity index (χ0n) is 8.09. The predicted molar refractivity (Wildman–Crippen MR) is 51.5 cm³/mol. The number of allylic oxidation sites excluding steroid dienone is 1. The second-order valence-corrected chi connectivity index (χ2v) is 2.41. The van der Waals surface area contributed by atoms with E-state index in [1.165, 1.54) is 0 Å². The third kappa shape index (κ3) is 2.86. The van der Waals surface area contributed by atoms with E-state index >= 15 is 0 Å². The fourth-order valence-electron chi connectivity index (χ4n) is 1.01. The van der Waals surface area contributed by atoms with Crippen molar-refractivity contribution in [3.8, 4) is 0 Å². The van der Waals surface area contributed by atoms with Crippen molar-refractivity contribution < 1.29 is 4.79 Å². The molecule has 3 heteroatoms. The van der Waals surface area contributed by atoms with Gasteiger partial charge in [0, 0.05) is 12.6 Å². The molecule has 0 saturated carbocycles.